The van der Waals surface area contributed by atoms with Gasteiger partial charge in [-0.15, -0.1) is 21.9 Å². The van der Waals surface area contributed by atoms with E-state index in [1.807, 2.05) is 48.5 Å². The summed E-state index contributed by atoms with van der Waals surface area (Å²) in [7, 11) is 44.5. The standard InChI is InChI=1S/8C9H14N.4C6H5BO2/c8*1-10(2,3)9-7-5-4-6-8-9;4*8-7(9)6-4-2-1-3-5-6/h8*4-8H,1-3H3;4*1-5H/q8*+1;4*-2. The highest BCUT2D eigenvalue weighted by molar-refractivity contribution is 6.56. The minimum atomic E-state index is -1.84. The Hall–Kier alpha value is -9.74. The van der Waals surface area contributed by atoms with E-state index < -0.39 is 28.5 Å². The molecule has 0 saturated carbocycles. The molecule has 0 N–H and O–H groups in total. The quantitative estimate of drug-likeness (QED) is 0.0891. The van der Waals surface area contributed by atoms with Crippen molar-refractivity contribution in [3.63, 3.8) is 0 Å². The van der Waals surface area contributed by atoms with Crippen LogP contribution in [-0.4, -0.2) is 198 Å². The number of hydrogen-bond donors (Lipinski definition) is 0. The topological polar surface area (TPSA) is 184 Å². The zero-order valence-electron chi connectivity index (χ0n) is 73.8. The molecule has 20 heteroatoms. The molecule has 0 unspecified atom stereocenters. The molecule has 616 valence electrons. The number of benzene rings is 12. The molecule has 0 amide bonds. The van der Waals surface area contributed by atoms with Gasteiger partial charge in [-0.25, -0.2) is 0 Å². The Bertz CT molecular complexity index is 3560. The van der Waals surface area contributed by atoms with Crippen LogP contribution < -0.4 is 97.9 Å². The molecule has 0 aromatic heterocycles. The van der Waals surface area contributed by atoms with Crippen molar-refractivity contribution in [2.75, 3.05) is 169 Å². The molecule has 16 nitrogen and oxygen atoms in total. The highest BCUT2D eigenvalue weighted by Crippen LogP contribution is 2.20. The van der Waals surface area contributed by atoms with Crippen LogP contribution in [0.2, 0.25) is 0 Å². The van der Waals surface area contributed by atoms with Gasteiger partial charge < -0.3 is 40.2 Å². The van der Waals surface area contributed by atoms with Gasteiger partial charge in [-0.1, -0.05) is 295 Å². The summed E-state index contributed by atoms with van der Waals surface area (Å²) in [6.45, 7) is 0. The fourth-order valence-electron chi connectivity index (χ4n) is 9.44. The molecule has 0 fully saturated rings. The average molecular weight is 1570 g/mol. The predicted molar refractivity (Wildman–Crippen MR) is 495 cm³/mol. The van der Waals surface area contributed by atoms with Gasteiger partial charge in [0.15, 0.2) is 0 Å². The van der Waals surface area contributed by atoms with Crippen LogP contribution in [0.25, 0.3) is 0 Å². The van der Waals surface area contributed by atoms with Crippen molar-refractivity contribution in [1.29, 1.82) is 0 Å². The molecule has 0 spiro atoms. The summed E-state index contributed by atoms with van der Waals surface area (Å²) in [5.41, 5.74) is 11.9. The maximum Gasteiger partial charge on any atom is 0.132 e. The summed E-state index contributed by atoms with van der Waals surface area (Å²) in [5.74, 6) is 0. The average Bonchev–Trinajstić information content (AvgIpc) is 0.902. The smallest absolute Gasteiger partial charge is 0.132 e. The van der Waals surface area contributed by atoms with Crippen LogP contribution in [0.3, 0.4) is 0 Å². The van der Waals surface area contributed by atoms with Gasteiger partial charge in [-0.3, -0.25) is 35.9 Å². The second-order valence-corrected chi connectivity index (χ2v) is 33.8. The van der Waals surface area contributed by atoms with Gasteiger partial charge in [-0.2, -0.15) is 0 Å². The second kappa shape index (κ2) is 53.5. The first-order valence-corrected chi connectivity index (χ1v) is 38.5. The van der Waals surface area contributed by atoms with E-state index in [4.69, 9.17) is 0 Å². The van der Waals surface area contributed by atoms with Crippen LogP contribution in [0.4, 0.5) is 45.5 Å². The second-order valence-electron chi connectivity index (χ2n) is 33.8. The summed E-state index contributed by atoms with van der Waals surface area (Å²) < 4.78 is 7.12. The van der Waals surface area contributed by atoms with E-state index in [1.165, 1.54) is 94.0 Å². The largest absolute Gasteiger partial charge is 0.889 e. The maximum atomic E-state index is 10.2. The van der Waals surface area contributed by atoms with Gasteiger partial charge in [0.1, 0.15) is 45.5 Å². The highest BCUT2D eigenvalue weighted by atomic mass is 16.4. The third kappa shape index (κ3) is 49.2. The Labute approximate surface area is 701 Å². The van der Waals surface area contributed by atoms with E-state index >= 15 is 0 Å². The van der Waals surface area contributed by atoms with Gasteiger partial charge in [0, 0.05) is 0 Å². The van der Waals surface area contributed by atoms with Gasteiger partial charge in [-0.05, 0) is 97.1 Å². The molecular weight excluding hydrogens is 1440 g/mol. The zero-order chi connectivity index (χ0) is 87.7. The molecule has 12 aromatic carbocycles. The maximum absolute atomic E-state index is 10.2. The summed E-state index contributed by atoms with van der Waals surface area (Å²) in [5, 5.41) is 81.4. The Kier molecular flexibility index (Phi) is 48.1. The summed E-state index contributed by atoms with van der Waals surface area (Å²) in [6.07, 6.45) is 0. The Morgan fingerprint density at radius 2 is 0.190 bits per heavy atom. The third-order valence-electron chi connectivity index (χ3n) is 16.5. The molecular formula is C96H132B4N8O8. The fourth-order valence-corrected chi connectivity index (χ4v) is 9.44. The number of para-hydroxylation sites is 8. The van der Waals surface area contributed by atoms with E-state index in [0.29, 0.717) is 21.9 Å². The highest BCUT2D eigenvalue weighted by Gasteiger charge is 2.15. The van der Waals surface area contributed by atoms with E-state index in [-0.39, 0.29) is 0 Å². The van der Waals surface area contributed by atoms with Crippen LogP contribution in [-0.2, 0) is 0 Å². The van der Waals surface area contributed by atoms with Crippen molar-refractivity contribution in [2.45, 2.75) is 0 Å². The lowest BCUT2D eigenvalue weighted by molar-refractivity contribution is -0.342. The molecule has 12 rings (SSSR count). The number of quaternary nitrogens is 8. The third-order valence-corrected chi connectivity index (χ3v) is 16.5. The van der Waals surface area contributed by atoms with Crippen LogP contribution in [0.1, 0.15) is 0 Å². The van der Waals surface area contributed by atoms with Gasteiger partial charge in [0.2, 0.25) is 0 Å². The lowest BCUT2D eigenvalue weighted by atomic mass is 9.81. The van der Waals surface area contributed by atoms with E-state index in [9.17, 15) is 40.2 Å². The minimum absolute atomic E-state index is 0.303. The number of hydrogen-bond acceptors (Lipinski definition) is 8. The SMILES string of the molecule is C[N+](C)(C)c1ccccc1.C[N+](C)(C)c1ccccc1.C[N+](C)(C)c1ccccc1.C[N+](C)(C)c1ccccc1.C[N+](C)(C)c1ccccc1.C[N+](C)(C)c1ccccc1.C[N+](C)(C)c1ccccc1.C[N+](C)(C)c1ccccc1.[O-]B([O-])c1ccccc1.[O-]B([O-])c1ccccc1.[O-]B([O-])c1ccccc1.[O-]B([O-])c1ccccc1. The molecule has 0 heterocycles. The molecule has 0 bridgehead atoms. The van der Waals surface area contributed by atoms with Crippen LogP contribution in [0, 0.1) is 0 Å². The monoisotopic (exact) mass is 1570 g/mol. The lowest BCUT2D eigenvalue weighted by Gasteiger charge is -2.26. The normalized spacial score (nSPS) is 10.8. The van der Waals surface area contributed by atoms with Crippen molar-refractivity contribution in [2.24, 2.45) is 0 Å². The molecule has 12 aromatic rings. The van der Waals surface area contributed by atoms with Crippen LogP contribution in [0.15, 0.2) is 364 Å². The molecule has 0 aliphatic carbocycles. The first-order chi connectivity index (χ1) is 54.1. The number of rotatable bonds is 12. The van der Waals surface area contributed by atoms with E-state index in [1.54, 1.807) is 72.8 Å². The van der Waals surface area contributed by atoms with Gasteiger partial charge >= 0.3 is 0 Å². The molecule has 0 aliphatic heterocycles. The fraction of sp³-hybridized carbons (Fsp3) is 0.250. The summed E-state index contributed by atoms with van der Waals surface area (Å²) in [6, 6.07) is 116. The Morgan fingerprint density at radius 1 is 0.121 bits per heavy atom. The van der Waals surface area contributed by atoms with Crippen molar-refractivity contribution >= 4 is 95.8 Å². The summed E-state index contributed by atoms with van der Waals surface area (Å²) >= 11 is 0. The van der Waals surface area contributed by atoms with Crippen molar-refractivity contribution in [3.8, 4) is 0 Å². The zero-order valence-corrected chi connectivity index (χ0v) is 73.8. The van der Waals surface area contributed by atoms with Crippen molar-refractivity contribution in [1.82, 2.24) is 35.9 Å². The predicted octanol–water partition coefficient (Wildman–Crippen LogP) is 7.48. The first kappa shape index (κ1) is 104. The molecule has 0 aliphatic rings. The lowest BCUT2D eigenvalue weighted by Crippen LogP contribution is -2.55. The van der Waals surface area contributed by atoms with Gasteiger partial charge in [0.05, 0.1) is 169 Å². The summed E-state index contributed by atoms with van der Waals surface area (Å²) in [4.78, 5) is 0. The van der Waals surface area contributed by atoms with Crippen LogP contribution >= 0.6 is 0 Å². The van der Waals surface area contributed by atoms with Gasteiger partial charge in [0.25, 0.3) is 0 Å². The van der Waals surface area contributed by atoms with Crippen molar-refractivity contribution < 1.29 is 40.2 Å². The number of nitrogens with zero attached hydrogens (tertiary/aromatic N) is 8. The first-order valence-electron chi connectivity index (χ1n) is 38.5. The van der Waals surface area contributed by atoms with Crippen LogP contribution in [0.5, 0.6) is 0 Å². The van der Waals surface area contributed by atoms with E-state index in [2.05, 4.69) is 363 Å². The molecule has 0 radical (unpaired) electrons. The molecule has 116 heavy (non-hydrogen) atoms. The minimum Gasteiger partial charge on any atom is -0.889 e. The molecule has 0 saturated heterocycles. The Balaban J connectivity index is 0.000000633. The molecule has 0 atom stereocenters. The van der Waals surface area contributed by atoms with E-state index in [0.717, 1.165) is 35.9 Å². The Morgan fingerprint density at radius 3 is 0.233 bits per heavy atom. The van der Waals surface area contributed by atoms with Crippen molar-refractivity contribution in [3.05, 3.63) is 364 Å².